The van der Waals surface area contributed by atoms with Crippen LogP contribution in [0, 0.1) is 20.8 Å². The van der Waals surface area contributed by atoms with E-state index in [-0.39, 0.29) is 11.5 Å². The Morgan fingerprint density at radius 1 is 1.20 bits per heavy atom. The number of hydrogen-bond donors (Lipinski definition) is 2. The topological polar surface area (TPSA) is 88.0 Å². The van der Waals surface area contributed by atoms with Crippen LogP contribution in [-0.4, -0.2) is 15.9 Å². The summed E-state index contributed by atoms with van der Waals surface area (Å²) in [6, 6.07) is 8.56. The Balaban J connectivity index is 1.92. The Bertz CT molecular complexity index is 1020. The summed E-state index contributed by atoms with van der Waals surface area (Å²) in [6.45, 7) is 5.28. The number of anilines is 1. The molecule has 2 aromatic heterocycles. The number of carbonyl (C=O) groups excluding carboxylic acids is 1. The third kappa shape index (κ3) is 3.56. The molecular formula is C18H16BrN3O3. The van der Waals surface area contributed by atoms with Crippen LogP contribution in [0.1, 0.15) is 27.6 Å². The maximum Gasteiger partial charge on any atom is 0.260 e. The van der Waals surface area contributed by atoms with Crippen molar-refractivity contribution < 1.29 is 9.21 Å². The number of rotatable bonds is 3. The minimum absolute atomic E-state index is 0.217. The van der Waals surface area contributed by atoms with Gasteiger partial charge in [-0.15, -0.1) is 0 Å². The molecule has 6 nitrogen and oxygen atoms in total. The maximum absolute atomic E-state index is 12.6. The fourth-order valence-electron chi connectivity index (χ4n) is 2.57. The van der Waals surface area contributed by atoms with E-state index in [1.165, 1.54) is 6.07 Å². The van der Waals surface area contributed by atoms with Crippen LogP contribution < -0.4 is 10.9 Å². The van der Waals surface area contributed by atoms with Gasteiger partial charge in [0.2, 0.25) is 0 Å². The van der Waals surface area contributed by atoms with Crippen molar-refractivity contribution in [1.82, 2.24) is 9.97 Å². The van der Waals surface area contributed by atoms with E-state index < -0.39 is 0 Å². The molecule has 7 heteroatoms. The molecule has 0 aliphatic rings. The number of carbonyl (C=O) groups is 1. The molecule has 1 aromatic carbocycles. The molecule has 0 bridgehead atoms. The van der Waals surface area contributed by atoms with E-state index in [0.29, 0.717) is 44.3 Å². The first kappa shape index (κ1) is 17.2. The van der Waals surface area contributed by atoms with Crippen LogP contribution in [0.15, 0.2) is 44.0 Å². The molecule has 2 heterocycles. The highest BCUT2D eigenvalue weighted by Crippen LogP contribution is 2.28. The van der Waals surface area contributed by atoms with Crippen molar-refractivity contribution in [3.63, 3.8) is 0 Å². The summed E-state index contributed by atoms with van der Waals surface area (Å²) in [5.74, 6) is 1.38. The van der Waals surface area contributed by atoms with Crippen LogP contribution in [0.5, 0.6) is 0 Å². The predicted molar refractivity (Wildman–Crippen MR) is 98.9 cm³/mol. The van der Waals surface area contributed by atoms with E-state index in [4.69, 9.17) is 4.42 Å². The molecular weight excluding hydrogens is 386 g/mol. The second-order valence-electron chi connectivity index (χ2n) is 5.67. The van der Waals surface area contributed by atoms with Gasteiger partial charge in [0.05, 0.1) is 10.0 Å². The fraction of sp³-hybridized carbons (Fsp3) is 0.167. The average Bonchev–Trinajstić information content (AvgIpc) is 2.79. The predicted octanol–water partition coefficient (Wildman–Crippen LogP) is 3.97. The lowest BCUT2D eigenvalue weighted by molar-refractivity contribution is 0.102. The number of aryl methyl sites for hydroxylation is 3. The SMILES string of the molecule is Cc1cc(=O)[nH]c(-c2cccc(NC(=O)c3c(C)oc(C)c3Br)c2)n1. The quantitative estimate of drug-likeness (QED) is 0.694. The minimum atomic E-state index is -0.274. The van der Waals surface area contributed by atoms with Crippen molar-refractivity contribution in [2.24, 2.45) is 0 Å². The minimum Gasteiger partial charge on any atom is -0.465 e. The summed E-state index contributed by atoms with van der Waals surface area (Å²) in [4.78, 5) is 31.2. The van der Waals surface area contributed by atoms with Gasteiger partial charge in [-0.2, -0.15) is 0 Å². The Morgan fingerprint density at radius 2 is 1.96 bits per heavy atom. The lowest BCUT2D eigenvalue weighted by Gasteiger charge is -2.08. The molecule has 0 spiro atoms. The Kier molecular flexibility index (Phi) is 4.59. The number of amides is 1. The summed E-state index contributed by atoms with van der Waals surface area (Å²) in [6.07, 6.45) is 0. The van der Waals surface area contributed by atoms with Crippen molar-refractivity contribution in [2.75, 3.05) is 5.32 Å². The van der Waals surface area contributed by atoms with Crippen LogP contribution in [0.25, 0.3) is 11.4 Å². The van der Waals surface area contributed by atoms with Crippen LogP contribution in [0.3, 0.4) is 0 Å². The smallest absolute Gasteiger partial charge is 0.260 e. The van der Waals surface area contributed by atoms with Crippen LogP contribution in [0.2, 0.25) is 0 Å². The van der Waals surface area contributed by atoms with Gasteiger partial charge in [0.15, 0.2) is 0 Å². The Hall–Kier alpha value is -2.67. The second-order valence-corrected chi connectivity index (χ2v) is 6.47. The molecule has 2 N–H and O–H groups in total. The first-order valence-corrected chi connectivity index (χ1v) is 8.39. The standard InChI is InChI=1S/C18H16BrN3O3/c1-9-7-14(23)22-17(20-9)12-5-4-6-13(8-12)21-18(24)15-10(2)25-11(3)16(15)19/h4-8H,1-3H3,(H,21,24)(H,20,22,23). The summed E-state index contributed by atoms with van der Waals surface area (Å²) < 4.78 is 6.11. The van der Waals surface area contributed by atoms with E-state index in [9.17, 15) is 9.59 Å². The van der Waals surface area contributed by atoms with E-state index in [1.807, 2.05) is 6.07 Å². The molecule has 1 amide bonds. The molecule has 0 unspecified atom stereocenters. The van der Waals surface area contributed by atoms with Gasteiger partial charge < -0.3 is 14.7 Å². The molecule has 3 aromatic rings. The zero-order valence-corrected chi connectivity index (χ0v) is 15.5. The number of H-pyrrole nitrogens is 1. The first-order chi connectivity index (χ1) is 11.8. The number of furan rings is 1. The van der Waals surface area contributed by atoms with Gasteiger partial charge in [-0.1, -0.05) is 12.1 Å². The third-order valence-corrected chi connectivity index (χ3v) is 4.63. The number of aromatic nitrogens is 2. The number of benzene rings is 1. The second kappa shape index (κ2) is 6.68. The van der Waals surface area contributed by atoms with E-state index in [0.717, 1.165) is 0 Å². The lowest BCUT2D eigenvalue weighted by Crippen LogP contribution is -2.13. The fourth-order valence-corrected chi connectivity index (χ4v) is 3.11. The number of hydrogen-bond acceptors (Lipinski definition) is 4. The molecule has 25 heavy (non-hydrogen) atoms. The molecule has 0 radical (unpaired) electrons. The molecule has 128 valence electrons. The van der Waals surface area contributed by atoms with E-state index >= 15 is 0 Å². The Labute approximate surface area is 152 Å². The summed E-state index contributed by atoms with van der Waals surface area (Å²) in [7, 11) is 0. The van der Waals surface area contributed by atoms with Crippen molar-refractivity contribution in [3.8, 4) is 11.4 Å². The summed E-state index contributed by atoms with van der Waals surface area (Å²) >= 11 is 3.38. The van der Waals surface area contributed by atoms with Gasteiger partial charge >= 0.3 is 0 Å². The highest BCUT2D eigenvalue weighted by Gasteiger charge is 2.20. The third-order valence-electron chi connectivity index (χ3n) is 3.68. The molecule has 0 aliphatic heterocycles. The zero-order valence-electron chi connectivity index (χ0n) is 13.9. The number of nitrogens with zero attached hydrogens (tertiary/aromatic N) is 1. The zero-order chi connectivity index (χ0) is 18.1. The van der Waals surface area contributed by atoms with Crippen LogP contribution >= 0.6 is 15.9 Å². The molecule has 0 saturated heterocycles. The molecule has 0 saturated carbocycles. The van der Waals surface area contributed by atoms with Gasteiger partial charge in [0.25, 0.3) is 11.5 Å². The van der Waals surface area contributed by atoms with Crippen molar-refractivity contribution in [3.05, 3.63) is 67.9 Å². The van der Waals surface area contributed by atoms with Gasteiger partial charge in [-0.25, -0.2) is 4.98 Å². The number of aromatic amines is 1. The largest absolute Gasteiger partial charge is 0.465 e. The monoisotopic (exact) mass is 401 g/mol. The summed E-state index contributed by atoms with van der Waals surface area (Å²) in [5.41, 5.74) is 2.17. The number of halogens is 1. The van der Waals surface area contributed by atoms with Gasteiger partial charge in [-0.3, -0.25) is 9.59 Å². The molecule has 0 atom stereocenters. The number of nitrogens with one attached hydrogen (secondary N) is 2. The maximum atomic E-state index is 12.6. The van der Waals surface area contributed by atoms with Gasteiger partial charge in [0, 0.05) is 23.0 Å². The Morgan fingerprint density at radius 3 is 2.60 bits per heavy atom. The van der Waals surface area contributed by atoms with Crippen molar-refractivity contribution in [1.29, 1.82) is 0 Å². The van der Waals surface area contributed by atoms with Crippen molar-refractivity contribution >= 4 is 27.5 Å². The molecule has 3 rings (SSSR count). The first-order valence-electron chi connectivity index (χ1n) is 7.60. The highest BCUT2D eigenvalue weighted by atomic mass is 79.9. The van der Waals surface area contributed by atoms with E-state index in [1.54, 1.807) is 39.0 Å². The van der Waals surface area contributed by atoms with Crippen LogP contribution in [0.4, 0.5) is 5.69 Å². The van der Waals surface area contributed by atoms with Gasteiger partial charge in [0.1, 0.15) is 17.3 Å². The van der Waals surface area contributed by atoms with E-state index in [2.05, 4.69) is 31.2 Å². The summed E-state index contributed by atoms with van der Waals surface area (Å²) in [5, 5.41) is 2.84. The van der Waals surface area contributed by atoms with Crippen molar-refractivity contribution in [2.45, 2.75) is 20.8 Å². The average molecular weight is 402 g/mol. The van der Waals surface area contributed by atoms with Gasteiger partial charge in [-0.05, 0) is 48.8 Å². The molecule has 0 aliphatic carbocycles. The molecule has 0 fully saturated rings. The van der Waals surface area contributed by atoms with Crippen LogP contribution in [-0.2, 0) is 0 Å². The highest BCUT2D eigenvalue weighted by molar-refractivity contribution is 9.10. The normalized spacial score (nSPS) is 10.7. The lowest BCUT2D eigenvalue weighted by atomic mass is 10.1.